The van der Waals surface area contributed by atoms with E-state index in [1.54, 1.807) is 0 Å². The Morgan fingerprint density at radius 3 is 2.64 bits per heavy atom. The van der Waals surface area contributed by atoms with Crippen molar-refractivity contribution in [2.45, 2.75) is 19.4 Å². The van der Waals surface area contributed by atoms with Crippen LogP contribution in [0.3, 0.4) is 0 Å². The number of aliphatic hydroxyl groups is 1. The Labute approximate surface area is 95.5 Å². The molecular weight excluding hydrogens is 221 g/mol. The molecule has 0 saturated heterocycles. The number of hydrogen-bond donors (Lipinski definition) is 2. The first kappa shape index (κ1) is 13.7. The van der Waals surface area contributed by atoms with E-state index in [4.69, 9.17) is 22.4 Å². The summed E-state index contributed by atoms with van der Waals surface area (Å²) in [5.74, 6) is 0. The van der Waals surface area contributed by atoms with Crippen LogP contribution in [0.1, 0.15) is 11.1 Å². The summed E-state index contributed by atoms with van der Waals surface area (Å²) in [6.45, 7) is 1.97. The lowest BCUT2D eigenvalue weighted by molar-refractivity contribution is 0.265. The lowest BCUT2D eigenvalue weighted by atomic mass is 10.1. The summed E-state index contributed by atoms with van der Waals surface area (Å²) in [5.41, 5.74) is 7.77. The van der Waals surface area contributed by atoms with Gasteiger partial charge in [-0.15, -0.1) is 12.4 Å². The van der Waals surface area contributed by atoms with Gasteiger partial charge in [-0.3, -0.25) is 0 Å². The molecule has 0 fully saturated rings. The van der Waals surface area contributed by atoms with Crippen LogP contribution in [0.15, 0.2) is 18.2 Å². The van der Waals surface area contributed by atoms with Crippen LogP contribution < -0.4 is 5.73 Å². The average molecular weight is 236 g/mol. The quantitative estimate of drug-likeness (QED) is 0.842. The van der Waals surface area contributed by atoms with Gasteiger partial charge in [-0.25, -0.2) is 0 Å². The van der Waals surface area contributed by atoms with Gasteiger partial charge < -0.3 is 10.8 Å². The third kappa shape index (κ3) is 3.84. The van der Waals surface area contributed by atoms with Crippen molar-refractivity contribution in [1.82, 2.24) is 0 Å². The molecular formula is C10H15Cl2NO. The van der Waals surface area contributed by atoms with Gasteiger partial charge in [0.05, 0.1) is 6.61 Å². The largest absolute Gasteiger partial charge is 0.395 e. The standard InChI is InChI=1S/C10H14ClNO.ClH/c1-7-4-8(2-3-10(7)11)5-9(12)6-13;/h2-4,9,13H,5-6,12H2,1H3;1H. The molecule has 80 valence electrons. The Morgan fingerprint density at radius 1 is 1.50 bits per heavy atom. The van der Waals surface area contributed by atoms with Gasteiger partial charge in [0, 0.05) is 11.1 Å². The van der Waals surface area contributed by atoms with Crippen LogP contribution >= 0.6 is 24.0 Å². The number of aryl methyl sites for hydroxylation is 1. The van der Waals surface area contributed by atoms with E-state index >= 15 is 0 Å². The molecule has 0 aliphatic heterocycles. The lowest BCUT2D eigenvalue weighted by Gasteiger charge is -2.08. The Balaban J connectivity index is 0.00000169. The van der Waals surface area contributed by atoms with E-state index in [1.807, 2.05) is 25.1 Å². The highest BCUT2D eigenvalue weighted by atomic mass is 35.5. The first-order valence-electron chi connectivity index (χ1n) is 4.25. The second-order valence-electron chi connectivity index (χ2n) is 3.23. The first-order chi connectivity index (χ1) is 6.13. The summed E-state index contributed by atoms with van der Waals surface area (Å²) >= 11 is 5.87. The third-order valence-corrected chi connectivity index (χ3v) is 2.38. The molecule has 0 radical (unpaired) electrons. The van der Waals surface area contributed by atoms with Gasteiger partial charge in [-0.2, -0.15) is 0 Å². The van der Waals surface area contributed by atoms with Crippen molar-refractivity contribution in [3.05, 3.63) is 34.3 Å². The van der Waals surface area contributed by atoms with Gasteiger partial charge >= 0.3 is 0 Å². The molecule has 4 heteroatoms. The predicted octanol–water partition coefficient (Wildman–Crippen LogP) is 1.93. The summed E-state index contributed by atoms with van der Waals surface area (Å²) in [4.78, 5) is 0. The highest BCUT2D eigenvalue weighted by Gasteiger charge is 2.03. The molecule has 3 N–H and O–H groups in total. The van der Waals surface area contributed by atoms with Crippen LogP contribution in [-0.4, -0.2) is 17.8 Å². The molecule has 0 amide bonds. The fourth-order valence-electron chi connectivity index (χ4n) is 1.20. The second-order valence-corrected chi connectivity index (χ2v) is 3.64. The van der Waals surface area contributed by atoms with Crippen molar-refractivity contribution in [2.75, 3.05) is 6.61 Å². The Kier molecular flexibility index (Phi) is 6.12. The van der Waals surface area contributed by atoms with Crippen LogP contribution in [0.5, 0.6) is 0 Å². The molecule has 1 atom stereocenters. The molecule has 0 spiro atoms. The van der Waals surface area contributed by atoms with Crippen molar-refractivity contribution in [3.63, 3.8) is 0 Å². The molecule has 1 aromatic rings. The van der Waals surface area contributed by atoms with E-state index in [0.717, 1.165) is 16.1 Å². The van der Waals surface area contributed by atoms with Crippen molar-refractivity contribution >= 4 is 24.0 Å². The maximum Gasteiger partial charge on any atom is 0.0585 e. The number of benzene rings is 1. The van der Waals surface area contributed by atoms with Gasteiger partial charge in [0.25, 0.3) is 0 Å². The molecule has 1 unspecified atom stereocenters. The minimum Gasteiger partial charge on any atom is -0.395 e. The maximum atomic E-state index is 8.77. The van der Waals surface area contributed by atoms with E-state index in [9.17, 15) is 0 Å². The molecule has 14 heavy (non-hydrogen) atoms. The predicted molar refractivity (Wildman–Crippen MR) is 62.2 cm³/mol. The number of rotatable bonds is 3. The van der Waals surface area contributed by atoms with Gasteiger partial charge in [0.1, 0.15) is 0 Å². The smallest absolute Gasteiger partial charge is 0.0585 e. The number of hydrogen-bond acceptors (Lipinski definition) is 2. The molecule has 1 rings (SSSR count). The number of halogens is 2. The minimum absolute atomic E-state index is 0. The topological polar surface area (TPSA) is 46.2 Å². The fraction of sp³-hybridized carbons (Fsp3) is 0.400. The van der Waals surface area contributed by atoms with Crippen LogP contribution in [0.2, 0.25) is 5.02 Å². The van der Waals surface area contributed by atoms with Gasteiger partial charge in [0.15, 0.2) is 0 Å². The Morgan fingerprint density at radius 2 is 2.14 bits per heavy atom. The van der Waals surface area contributed by atoms with Crippen LogP contribution in [0.4, 0.5) is 0 Å². The maximum absolute atomic E-state index is 8.77. The Hall–Kier alpha value is -0.280. The lowest BCUT2D eigenvalue weighted by Crippen LogP contribution is -2.26. The molecule has 0 aromatic heterocycles. The zero-order valence-electron chi connectivity index (χ0n) is 8.03. The molecule has 0 heterocycles. The van der Waals surface area contributed by atoms with Gasteiger partial charge in [-0.05, 0) is 30.5 Å². The average Bonchev–Trinajstić information content (AvgIpc) is 2.11. The third-order valence-electron chi connectivity index (χ3n) is 1.95. The van der Waals surface area contributed by atoms with E-state index in [0.29, 0.717) is 6.42 Å². The number of aliphatic hydroxyl groups excluding tert-OH is 1. The van der Waals surface area contributed by atoms with Crippen molar-refractivity contribution in [1.29, 1.82) is 0 Å². The zero-order valence-corrected chi connectivity index (χ0v) is 9.61. The summed E-state index contributed by atoms with van der Waals surface area (Å²) in [6, 6.07) is 5.61. The molecule has 0 saturated carbocycles. The molecule has 2 nitrogen and oxygen atoms in total. The zero-order chi connectivity index (χ0) is 9.84. The van der Waals surface area contributed by atoms with Gasteiger partial charge in [-0.1, -0.05) is 23.7 Å². The molecule has 0 aliphatic rings. The highest BCUT2D eigenvalue weighted by molar-refractivity contribution is 6.31. The number of nitrogens with two attached hydrogens (primary N) is 1. The van der Waals surface area contributed by atoms with Gasteiger partial charge in [0.2, 0.25) is 0 Å². The highest BCUT2D eigenvalue weighted by Crippen LogP contribution is 2.16. The normalized spacial score (nSPS) is 12.0. The fourth-order valence-corrected chi connectivity index (χ4v) is 1.32. The summed E-state index contributed by atoms with van der Waals surface area (Å²) in [7, 11) is 0. The molecule has 0 aliphatic carbocycles. The van der Waals surface area contributed by atoms with Crippen LogP contribution in [-0.2, 0) is 6.42 Å². The summed E-state index contributed by atoms with van der Waals surface area (Å²) in [6.07, 6.45) is 0.689. The SMILES string of the molecule is Cc1cc(CC(N)CO)ccc1Cl.Cl. The van der Waals surface area contributed by atoms with Crippen molar-refractivity contribution in [3.8, 4) is 0 Å². The van der Waals surface area contributed by atoms with E-state index in [2.05, 4.69) is 0 Å². The first-order valence-corrected chi connectivity index (χ1v) is 4.62. The van der Waals surface area contributed by atoms with Crippen LogP contribution in [0.25, 0.3) is 0 Å². The Bertz CT molecular complexity index is 291. The van der Waals surface area contributed by atoms with E-state index in [-0.39, 0.29) is 25.1 Å². The minimum atomic E-state index is -0.180. The summed E-state index contributed by atoms with van der Waals surface area (Å²) < 4.78 is 0. The monoisotopic (exact) mass is 235 g/mol. The summed E-state index contributed by atoms with van der Waals surface area (Å²) in [5, 5.41) is 9.53. The van der Waals surface area contributed by atoms with Crippen molar-refractivity contribution < 1.29 is 5.11 Å². The van der Waals surface area contributed by atoms with E-state index < -0.39 is 0 Å². The van der Waals surface area contributed by atoms with Crippen LogP contribution in [0, 0.1) is 6.92 Å². The molecule has 0 bridgehead atoms. The van der Waals surface area contributed by atoms with Crippen molar-refractivity contribution in [2.24, 2.45) is 5.73 Å². The van der Waals surface area contributed by atoms with E-state index in [1.165, 1.54) is 0 Å². The second kappa shape index (κ2) is 6.25. The molecule has 1 aromatic carbocycles.